The van der Waals surface area contributed by atoms with Crippen LogP contribution in [0.2, 0.25) is 0 Å². The van der Waals surface area contributed by atoms with Crippen LogP contribution in [0.4, 0.5) is 5.69 Å². The molecular weight excluding hydrogens is 366 g/mol. The number of thiocarbonyl (C=S) groups is 1. The molecule has 2 aromatic carbocycles. The molecule has 0 fully saturated rings. The molecule has 0 amide bonds. The van der Waals surface area contributed by atoms with Crippen LogP contribution in [-0.4, -0.2) is 17.2 Å². The molecule has 0 aliphatic rings. The zero-order valence-electron chi connectivity index (χ0n) is 17.0. The second-order valence-electron chi connectivity index (χ2n) is 7.91. The van der Waals surface area contributed by atoms with E-state index in [-0.39, 0.29) is 11.5 Å². The number of rotatable bonds is 4. The average molecular weight is 394 g/mol. The molecule has 0 radical (unpaired) electrons. The van der Waals surface area contributed by atoms with Crippen LogP contribution in [0.15, 0.2) is 54.7 Å². The first-order valence-electron chi connectivity index (χ1n) is 9.39. The summed E-state index contributed by atoms with van der Waals surface area (Å²) in [4.78, 5) is 4.43. The first kappa shape index (κ1) is 20.1. The molecule has 0 saturated heterocycles. The van der Waals surface area contributed by atoms with Crippen LogP contribution >= 0.6 is 12.2 Å². The van der Waals surface area contributed by atoms with Crippen LogP contribution in [-0.2, 0) is 5.41 Å². The van der Waals surface area contributed by atoms with Gasteiger partial charge in [0, 0.05) is 17.3 Å². The molecular formula is C23H27N3OS. The van der Waals surface area contributed by atoms with E-state index in [2.05, 4.69) is 67.6 Å². The van der Waals surface area contributed by atoms with Crippen LogP contribution in [0.3, 0.4) is 0 Å². The van der Waals surface area contributed by atoms with E-state index in [0.29, 0.717) is 5.11 Å². The summed E-state index contributed by atoms with van der Waals surface area (Å²) in [5.41, 5.74) is 4.37. The summed E-state index contributed by atoms with van der Waals surface area (Å²) in [6.45, 7) is 8.76. The lowest BCUT2D eigenvalue weighted by Gasteiger charge is -2.21. The van der Waals surface area contributed by atoms with E-state index >= 15 is 0 Å². The van der Waals surface area contributed by atoms with E-state index in [1.165, 1.54) is 11.1 Å². The summed E-state index contributed by atoms with van der Waals surface area (Å²) in [7, 11) is 1.65. The lowest BCUT2D eigenvalue weighted by atomic mass is 9.86. The van der Waals surface area contributed by atoms with Gasteiger partial charge in [-0.1, -0.05) is 45.0 Å². The standard InChI is InChI=1S/C23H27N3OS/c1-15(16-8-10-17(11-9-16)23(2,3)4)25-22(28)26-19-12-13-20(27-5)21-18(19)7-6-14-24-21/h6-15H,1-5H3,(H2,25,26,28). The van der Waals surface area contributed by atoms with E-state index < -0.39 is 0 Å². The molecule has 0 saturated carbocycles. The Balaban J connectivity index is 1.73. The third-order valence-electron chi connectivity index (χ3n) is 4.83. The minimum atomic E-state index is 0.0941. The Hall–Kier alpha value is -2.66. The van der Waals surface area contributed by atoms with Crippen LogP contribution in [0.25, 0.3) is 10.9 Å². The van der Waals surface area contributed by atoms with Crippen LogP contribution in [0.1, 0.15) is 44.9 Å². The molecule has 5 heteroatoms. The number of hydrogen-bond acceptors (Lipinski definition) is 3. The third kappa shape index (κ3) is 4.42. The van der Waals surface area contributed by atoms with Crippen molar-refractivity contribution >= 4 is 33.9 Å². The van der Waals surface area contributed by atoms with Gasteiger partial charge in [-0.3, -0.25) is 4.98 Å². The highest BCUT2D eigenvalue weighted by molar-refractivity contribution is 7.80. The molecule has 3 aromatic rings. The van der Waals surface area contributed by atoms with Gasteiger partial charge in [0.15, 0.2) is 5.11 Å². The van der Waals surface area contributed by atoms with Gasteiger partial charge >= 0.3 is 0 Å². The Morgan fingerprint density at radius 1 is 1.07 bits per heavy atom. The molecule has 0 aliphatic heterocycles. The number of pyridine rings is 1. The van der Waals surface area contributed by atoms with Gasteiger partial charge in [-0.15, -0.1) is 0 Å². The maximum Gasteiger partial charge on any atom is 0.171 e. The lowest BCUT2D eigenvalue weighted by molar-refractivity contribution is 0.419. The fraction of sp³-hybridized carbons (Fsp3) is 0.304. The van der Waals surface area contributed by atoms with E-state index in [9.17, 15) is 0 Å². The minimum absolute atomic E-state index is 0.0941. The molecule has 0 aliphatic carbocycles. The number of aromatic nitrogens is 1. The summed E-state index contributed by atoms with van der Waals surface area (Å²) in [6.07, 6.45) is 1.76. The van der Waals surface area contributed by atoms with Crippen molar-refractivity contribution in [3.63, 3.8) is 0 Å². The Bertz CT molecular complexity index is 977. The number of anilines is 1. The monoisotopic (exact) mass is 393 g/mol. The smallest absolute Gasteiger partial charge is 0.171 e. The van der Waals surface area contributed by atoms with E-state index in [1.807, 2.05) is 24.3 Å². The molecule has 2 N–H and O–H groups in total. The van der Waals surface area contributed by atoms with Gasteiger partial charge in [-0.2, -0.15) is 0 Å². The number of methoxy groups -OCH3 is 1. The first-order chi connectivity index (χ1) is 13.3. The third-order valence-corrected chi connectivity index (χ3v) is 5.04. The fourth-order valence-electron chi connectivity index (χ4n) is 3.13. The number of ether oxygens (including phenoxy) is 1. The number of hydrogen-bond donors (Lipinski definition) is 2. The summed E-state index contributed by atoms with van der Waals surface area (Å²) < 4.78 is 5.40. The van der Waals surface area contributed by atoms with Crippen LogP contribution in [0, 0.1) is 0 Å². The lowest BCUT2D eigenvalue weighted by Crippen LogP contribution is -2.31. The van der Waals surface area contributed by atoms with Crippen molar-refractivity contribution < 1.29 is 4.74 Å². The topological polar surface area (TPSA) is 46.2 Å². The number of benzene rings is 2. The van der Waals surface area contributed by atoms with Gasteiger partial charge < -0.3 is 15.4 Å². The number of nitrogens with one attached hydrogen (secondary N) is 2. The van der Waals surface area contributed by atoms with Crippen molar-refractivity contribution in [2.45, 2.75) is 39.2 Å². The van der Waals surface area contributed by atoms with E-state index in [4.69, 9.17) is 17.0 Å². The van der Waals surface area contributed by atoms with Gasteiger partial charge in [0.1, 0.15) is 11.3 Å². The maximum absolute atomic E-state index is 5.55. The molecule has 1 heterocycles. The fourth-order valence-corrected chi connectivity index (χ4v) is 3.42. The zero-order valence-corrected chi connectivity index (χ0v) is 17.9. The highest BCUT2D eigenvalue weighted by atomic mass is 32.1. The van der Waals surface area contributed by atoms with Crippen molar-refractivity contribution in [3.8, 4) is 5.75 Å². The average Bonchev–Trinajstić information content (AvgIpc) is 2.67. The molecule has 1 aromatic heterocycles. The first-order valence-corrected chi connectivity index (χ1v) is 9.80. The summed E-state index contributed by atoms with van der Waals surface area (Å²) in [5.74, 6) is 0.743. The Morgan fingerprint density at radius 2 is 1.79 bits per heavy atom. The minimum Gasteiger partial charge on any atom is -0.494 e. The van der Waals surface area contributed by atoms with Gasteiger partial charge in [0.25, 0.3) is 0 Å². The van der Waals surface area contributed by atoms with Crippen LogP contribution in [0.5, 0.6) is 5.75 Å². The SMILES string of the molecule is COc1ccc(NC(=S)NC(C)c2ccc(C(C)(C)C)cc2)c2cccnc12. The normalized spacial score (nSPS) is 12.5. The van der Waals surface area contributed by atoms with Gasteiger partial charge in [0.2, 0.25) is 0 Å². The Labute approximate surface area is 172 Å². The quantitative estimate of drug-likeness (QED) is 0.566. The largest absolute Gasteiger partial charge is 0.494 e. The van der Waals surface area contributed by atoms with Gasteiger partial charge in [-0.05, 0) is 59.9 Å². The number of nitrogens with zero attached hydrogens (tertiary/aromatic N) is 1. The van der Waals surface area contributed by atoms with Gasteiger partial charge in [0.05, 0.1) is 13.2 Å². The highest BCUT2D eigenvalue weighted by Gasteiger charge is 2.15. The predicted molar refractivity (Wildman–Crippen MR) is 121 cm³/mol. The van der Waals surface area contributed by atoms with Crippen molar-refractivity contribution in [1.29, 1.82) is 0 Å². The second kappa shape index (κ2) is 8.15. The maximum atomic E-state index is 5.55. The molecule has 0 bridgehead atoms. The van der Waals surface area contributed by atoms with Crippen molar-refractivity contribution in [1.82, 2.24) is 10.3 Å². The molecule has 3 rings (SSSR count). The highest BCUT2D eigenvalue weighted by Crippen LogP contribution is 2.30. The molecule has 28 heavy (non-hydrogen) atoms. The molecule has 1 unspecified atom stereocenters. The Morgan fingerprint density at radius 3 is 2.43 bits per heavy atom. The number of fused-ring (bicyclic) bond motifs is 1. The van der Waals surface area contributed by atoms with Crippen molar-refractivity contribution in [2.75, 3.05) is 12.4 Å². The van der Waals surface area contributed by atoms with Gasteiger partial charge in [-0.25, -0.2) is 0 Å². The molecule has 1 atom stereocenters. The second-order valence-corrected chi connectivity index (χ2v) is 8.32. The van der Waals surface area contributed by atoms with E-state index in [1.54, 1.807) is 13.3 Å². The van der Waals surface area contributed by atoms with Crippen molar-refractivity contribution in [2.24, 2.45) is 0 Å². The molecule has 4 nitrogen and oxygen atoms in total. The predicted octanol–water partition coefficient (Wildman–Crippen LogP) is 5.59. The Kier molecular flexibility index (Phi) is 5.84. The molecule has 0 spiro atoms. The summed E-state index contributed by atoms with van der Waals surface area (Å²) in [5, 5.41) is 8.20. The summed E-state index contributed by atoms with van der Waals surface area (Å²) in [6, 6.07) is 16.6. The zero-order chi connectivity index (χ0) is 20.3. The van der Waals surface area contributed by atoms with Crippen LogP contribution < -0.4 is 15.4 Å². The van der Waals surface area contributed by atoms with Crippen molar-refractivity contribution in [3.05, 3.63) is 65.9 Å². The molecule has 146 valence electrons. The summed E-state index contributed by atoms with van der Waals surface area (Å²) >= 11 is 5.55. The van der Waals surface area contributed by atoms with E-state index in [0.717, 1.165) is 22.3 Å².